The van der Waals surface area contributed by atoms with Crippen molar-refractivity contribution < 1.29 is 19.5 Å². The van der Waals surface area contributed by atoms with Crippen LogP contribution >= 0.6 is 0 Å². The number of rotatable bonds is 3. The standard InChI is InChI=1S/C16H19N3O4/c1-17-10-14(20)19-7-6-18(9-13(19)15(17)21)8-11-2-4-12(5-3-11)16(22)23/h2-5,13H,6-10H2,1H3,(H,22,23). The summed E-state index contributed by atoms with van der Waals surface area (Å²) in [6, 6.07) is 6.33. The molecule has 0 spiro atoms. The van der Waals surface area contributed by atoms with Gasteiger partial charge in [0.15, 0.2) is 0 Å². The number of fused-ring (bicyclic) bond motifs is 1. The number of benzene rings is 1. The highest BCUT2D eigenvalue weighted by Gasteiger charge is 2.41. The first-order chi connectivity index (χ1) is 11.0. The van der Waals surface area contributed by atoms with Gasteiger partial charge in [-0.15, -0.1) is 0 Å². The minimum absolute atomic E-state index is 0.00237. The number of nitrogens with zero attached hydrogens (tertiary/aromatic N) is 3. The third-order valence-corrected chi connectivity index (χ3v) is 4.43. The van der Waals surface area contributed by atoms with Gasteiger partial charge in [-0.25, -0.2) is 4.79 Å². The van der Waals surface area contributed by atoms with Gasteiger partial charge in [0.2, 0.25) is 11.8 Å². The molecule has 2 aliphatic heterocycles. The van der Waals surface area contributed by atoms with Gasteiger partial charge in [0.1, 0.15) is 6.04 Å². The molecule has 1 aromatic rings. The second-order valence-electron chi connectivity index (χ2n) is 6.03. The number of aromatic carboxylic acids is 1. The lowest BCUT2D eigenvalue weighted by molar-refractivity contribution is -0.158. The molecule has 0 aliphatic carbocycles. The zero-order chi connectivity index (χ0) is 16.6. The largest absolute Gasteiger partial charge is 0.478 e. The Morgan fingerprint density at radius 2 is 1.91 bits per heavy atom. The monoisotopic (exact) mass is 317 g/mol. The van der Waals surface area contributed by atoms with E-state index in [1.54, 1.807) is 36.2 Å². The molecule has 1 aromatic carbocycles. The summed E-state index contributed by atoms with van der Waals surface area (Å²) in [4.78, 5) is 40.4. The molecule has 23 heavy (non-hydrogen) atoms. The van der Waals surface area contributed by atoms with Crippen molar-refractivity contribution in [3.63, 3.8) is 0 Å². The van der Waals surface area contributed by atoms with E-state index in [-0.39, 0.29) is 23.9 Å². The van der Waals surface area contributed by atoms with Crippen LogP contribution in [0.15, 0.2) is 24.3 Å². The summed E-state index contributed by atoms with van der Waals surface area (Å²) in [6.07, 6.45) is 0. The first-order valence-electron chi connectivity index (χ1n) is 7.55. The molecule has 122 valence electrons. The molecule has 0 saturated carbocycles. The molecule has 2 fully saturated rings. The van der Waals surface area contributed by atoms with Crippen LogP contribution in [-0.2, 0) is 16.1 Å². The summed E-state index contributed by atoms with van der Waals surface area (Å²) >= 11 is 0. The minimum Gasteiger partial charge on any atom is -0.478 e. The molecule has 2 aliphatic rings. The average Bonchev–Trinajstić information content (AvgIpc) is 2.53. The van der Waals surface area contributed by atoms with Gasteiger partial charge in [0.25, 0.3) is 0 Å². The van der Waals surface area contributed by atoms with E-state index in [1.807, 2.05) is 0 Å². The lowest BCUT2D eigenvalue weighted by atomic mass is 10.1. The van der Waals surface area contributed by atoms with Gasteiger partial charge in [-0.05, 0) is 17.7 Å². The second-order valence-corrected chi connectivity index (χ2v) is 6.03. The molecule has 2 heterocycles. The van der Waals surface area contributed by atoms with Crippen LogP contribution < -0.4 is 0 Å². The van der Waals surface area contributed by atoms with Crippen LogP contribution in [0, 0.1) is 0 Å². The molecule has 1 unspecified atom stereocenters. The number of piperazine rings is 2. The Morgan fingerprint density at radius 3 is 2.57 bits per heavy atom. The third-order valence-electron chi connectivity index (χ3n) is 4.43. The van der Waals surface area contributed by atoms with E-state index in [1.165, 1.54) is 4.90 Å². The van der Waals surface area contributed by atoms with E-state index in [2.05, 4.69) is 4.90 Å². The van der Waals surface area contributed by atoms with Gasteiger partial charge in [-0.2, -0.15) is 0 Å². The van der Waals surface area contributed by atoms with Gasteiger partial charge in [-0.1, -0.05) is 12.1 Å². The van der Waals surface area contributed by atoms with Gasteiger partial charge in [-0.3, -0.25) is 14.5 Å². The van der Waals surface area contributed by atoms with Crippen molar-refractivity contribution in [1.82, 2.24) is 14.7 Å². The predicted molar refractivity (Wildman–Crippen MR) is 81.8 cm³/mol. The van der Waals surface area contributed by atoms with E-state index in [9.17, 15) is 14.4 Å². The number of carbonyl (C=O) groups excluding carboxylic acids is 2. The lowest BCUT2D eigenvalue weighted by Crippen LogP contribution is -2.65. The molecule has 0 bridgehead atoms. The molecule has 7 heteroatoms. The maximum Gasteiger partial charge on any atom is 0.335 e. The fourth-order valence-electron chi connectivity index (χ4n) is 3.13. The van der Waals surface area contributed by atoms with Crippen LogP contribution in [0.2, 0.25) is 0 Å². The Kier molecular flexibility index (Phi) is 4.04. The van der Waals surface area contributed by atoms with Crippen molar-refractivity contribution in [2.45, 2.75) is 12.6 Å². The molecule has 1 N–H and O–H groups in total. The molecule has 3 rings (SSSR count). The number of hydrogen-bond donors (Lipinski definition) is 1. The van der Waals surface area contributed by atoms with Crippen LogP contribution in [0.4, 0.5) is 0 Å². The number of hydrogen-bond acceptors (Lipinski definition) is 4. The fraction of sp³-hybridized carbons (Fsp3) is 0.438. The number of carboxylic acids is 1. The fourth-order valence-corrected chi connectivity index (χ4v) is 3.13. The van der Waals surface area contributed by atoms with E-state index in [0.717, 1.165) is 5.56 Å². The van der Waals surface area contributed by atoms with Crippen molar-refractivity contribution in [2.75, 3.05) is 33.2 Å². The summed E-state index contributed by atoms with van der Waals surface area (Å²) in [5.74, 6) is -0.961. The van der Waals surface area contributed by atoms with Gasteiger partial charge >= 0.3 is 5.97 Å². The SMILES string of the molecule is CN1CC(=O)N2CCN(Cc3ccc(C(=O)O)cc3)CC2C1=O. The predicted octanol–water partition coefficient (Wildman–Crippen LogP) is -0.130. The number of carboxylic acid groups (broad SMARTS) is 1. The smallest absolute Gasteiger partial charge is 0.335 e. The number of amides is 2. The molecule has 7 nitrogen and oxygen atoms in total. The van der Waals surface area contributed by atoms with Gasteiger partial charge < -0.3 is 14.9 Å². The first-order valence-corrected chi connectivity index (χ1v) is 7.55. The van der Waals surface area contributed by atoms with Crippen LogP contribution in [0.5, 0.6) is 0 Å². The van der Waals surface area contributed by atoms with Crippen molar-refractivity contribution in [2.24, 2.45) is 0 Å². The Bertz CT molecular complexity index is 643. The van der Waals surface area contributed by atoms with E-state index >= 15 is 0 Å². The van der Waals surface area contributed by atoms with Crippen LogP contribution in [0.25, 0.3) is 0 Å². The zero-order valence-corrected chi connectivity index (χ0v) is 12.9. The Hall–Kier alpha value is -2.41. The lowest BCUT2D eigenvalue weighted by Gasteiger charge is -2.45. The Morgan fingerprint density at radius 1 is 1.22 bits per heavy atom. The highest BCUT2D eigenvalue weighted by atomic mass is 16.4. The van der Waals surface area contributed by atoms with E-state index < -0.39 is 12.0 Å². The first kappa shape index (κ1) is 15.5. The molecular formula is C16H19N3O4. The number of carbonyl (C=O) groups is 3. The summed E-state index contributed by atoms with van der Waals surface area (Å²) in [7, 11) is 1.65. The summed E-state index contributed by atoms with van der Waals surface area (Å²) < 4.78 is 0. The van der Waals surface area contributed by atoms with Crippen LogP contribution in [0.3, 0.4) is 0 Å². The van der Waals surface area contributed by atoms with Gasteiger partial charge in [0, 0.05) is 33.2 Å². The van der Waals surface area contributed by atoms with Crippen LogP contribution in [0.1, 0.15) is 15.9 Å². The van der Waals surface area contributed by atoms with Crippen LogP contribution in [-0.4, -0.2) is 76.9 Å². The second kappa shape index (κ2) is 6.00. The highest BCUT2D eigenvalue weighted by molar-refractivity contribution is 5.95. The zero-order valence-electron chi connectivity index (χ0n) is 12.9. The summed E-state index contributed by atoms with van der Waals surface area (Å²) in [5, 5.41) is 8.92. The van der Waals surface area contributed by atoms with E-state index in [4.69, 9.17) is 5.11 Å². The Balaban J connectivity index is 1.67. The third kappa shape index (κ3) is 3.05. The van der Waals surface area contributed by atoms with Crippen molar-refractivity contribution in [3.8, 4) is 0 Å². The maximum absolute atomic E-state index is 12.3. The van der Waals surface area contributed by atoms with Crippen molar-refractivity contribution in [1.29, 1.82) is 0 Å². The molecule has 0 aromatic heterocycles. The van der Waals surface area contributed by atoms with Crippen molar-refractivity contribution in [3.05, 3.63) is 35.4 Å². The molecule has 2 amide bonds. The topological polar surface area (TPSA) is 81.2 Å². The summed E-state index contributed by atoms with van der Waals surface area (Å²) in [5.41, 5.74) is 1.25. The van der Waals surface area contributed by atoms with Gasteiger partial charge in [0.05, 0.1) is 12.1 Å². The normalized spacial score (nSPS) is 22.2. The quantitative estimate of drug-likeness (QED) is 0.840. The summed E-state index contributed by atoms with van der Waals surface area (Å²) in [6.45, 7) is 2.56. The maximum atomic E-state index is 12.3. The van der Waals surface area contributed by atoms with Crippen molar-refractivity contribution >= 4 is 17.8 Å². The number of likely N-dealkylation sites (N-methyl/N-ethyl adjacent to an activating group) is 1. The Labute approximate surface area is 134 Å². The molecule has 0 radical (unpaired) electrons. The highest BCUT2D eigenvalue weighted by Crippen LogP contribution is 2.19. The average molecular weight is 317 g/mol. The molecule has 2 saturated heterocycles. The minimum atomic E-state index is -0.945. The van der Waals surface area contributed by atoms with E-state index in [0.29, 0.717) is 26.2 Å². The molecule has 1 atom stereocenters. The molecular weight excluding hydrogens is 298 g/mol.